The molecular formula is C17H24FNO2. The molecule has 1 aromatic heterocycles. The number of nitrogens with one attached hydrogen (secondary N) is 1. The van der Waals surface area contributed by atoms with Crippen molar-refractivity contribution in [1.29, 1.82) is 0 Å². The summed E-state index contributed by atoms with van der Waals surface area (Å²) >= 11 is 0. The minimum atomic E-state index is -0.327. The van der Waals surface area contributed by atoms with E-state index in [-0.39, 0.29) is 18.0 Å². The van der Waals surface area contributed by atoms with Gasteiger partial charge in [-0.1, -0.05) is 32.9 Å². The van der Waals surface area contributed by atoms with E-state index < -0.39 is 0 Å². The lowest BCUT2D eigenvalue weighted by Gasteiger charge is -2.29. The number of rotatable bonds is 7. The SMILES string of the molecule is CCNC(c1cc2cccc(F)c2o1)C(OCC)C(C)C. The molecular weight excluding hydrogens is 269 g/mol. The van der Waals surface area contributed by atoms with Gasteiger partial charge in [0, 0.05) is 12.0 Å². The van der Waals surface area contributed by atoms with Crippen LogP contribution in [0.5, 0.6) is 0 Å². The molecule has 0 aliphatic carbocycles. The first-order valence-corrected chi connectivity index (χ1v) is 7.61. The van der Waals surface area contributed by atoms with Crippen molar-refractivity contribution in [3.05, 3.63) is 35.8 Å². The molecule has 2 unspecified atom stereocenters. The van der Waals surface area contributed by atoms with Gasteiger partial charge in [-0.15, -0.1) is 0 Å². The zero-order valence-corrected chi connectivity index (χ0v) is 13.2. The van der Waals surface area contributed by atoms with Crippen LogP contribution < -0.4 is 5.32 Å². The van der Waals surface area contributed by atoms with E-state index in [0.717, 1.165) is 17.7 Å². The summed E-state index contributed by atoms with van der Waals surface area (Å²) in [5, 5.41) is 4.19. The maximum atomic E-state index is 13.8. The fraction of sp³-hybridized carbons (Fsp3) is 0.529. The highest BCUT2D eigenvalue weighted by molar-refractivity contribution is 5.78. The van der Waals surface area contributed by atoms with Crippen LogP contribution in [-0.2, 0) is 4.74 Å². The molecule has 2 atom stereocenters. The van der Waals surface area contributed by atoms with E-state index >= 15 is 0 Å². The van der Waals surface area contributed by atoms with Crippen molar-refractivity contribution < 1.29 is 13.5 Å². The van der Waals surface area contributed by atoms with Crippen molar-refractivity contribution in [1.82, 2.24) is 5.32 Å². The molecule has 0 spiro atoms. The number of benzene rings is 1. The molecule has 0 bridgehead atoms. The third-order valence-electron chi connectivity index (χ3n) is 3.59. The molecule has 1 heterocycles. The average molecular weight is 293 g/mol. The van der Waals surface area contributed by atoms with Gasteiger partial charge in [-0.2, -0.15) is 0 Å². The van der Waals surface area contributed by atoms with Gasteiger partial charge in [0.1, 0.15) is 5.76 Å². The molecule has 0 amide bonds. The predicted molar refractivity (Wildman–Crippen MR) is 82.8 cm³/mol. The van der Waals surface area contributed by atoms with Crippen LogP contribution in [0.1, 0.15) is 39.5 Å². The van der Waals surface area contributed by atoms with Gasteiger partial charge in [0.05, 0.1) is 12.1 Å². The Balaban J connectivity index is 2.41. The normalized spacial score (nSPS) is 14.8. The zero-order valence-electron chi connectivity index (χ0n) is 13.2. The molecule has 2 rings (SSSR count). The Hall–Kier alpha value is -1.39. The summed E-state index contributed by atoms with van der Waals surface area (Å²) in [6.07, 6.45) is -0.0152. The Bertz CT molecular complexity index is 579. The lowest BCUT2D eigenvalue weighted by molar-refractivity contribution is -0.00153. The lowest BCUT2D eigenvalue weighted by atomic mass is 9.97. The minimum absolute atomic E-state index is 0.0152. The monoisotopic (exact) mass is 293 g/mol. The van der Waals surface area contributed by atoms with E-state index in [1.54, 1.807) is 6.07 Å². The highest BCUT2D eigenvalue weighted by atomic mass is 19.1. The standard InChI is InChI=1S/C17H24FNO2/c1-5-19-15(16(11(3)4)20-6-2)14-10-12-8-7-9-13(18)17(12)21-14/h7-11,15-16,19H,5-6H2,1-4H3. The van der Waals surface area contributed by atoms with Crippen molar-refractivity contribution in [2.45, 2.75) is 39.8 Å². The molecule has 0 aliphatic heterocycles. The number of hydrogen-bond donors (Lipinski definition) is 1. The third kappa shape index (κ3) is 3.44. The molecule has 1 N–H and O–H groups in total. The third-order valence-corrected chi connectivity index (χ3v) is 3.59. The van der Waals surface area contributed by atoms with Crippen LogP contribution in [0.2, 0.25) is 0 Å². The van der Waals surface area contributed by atoms with Crippen LogP contribution in [0.25, 0.3) is 11.0 Å². The van der Waals surface area contributed by atoms with Gasteiger partial charge >= 0.3 is 0 Å². The second kappa shape index (κ2) is 7.05. The summed E-state index contributed by atoms with van der Waals surface area (Å²) in [6, 6.07) is 6.79. The summed E-state index contributed by atoms with van der Waals surface area (Å²) in [4.78, 5) is 0. The highest BCUT2D eigenvalue weighted by Gasteiger charge is 2.29. The fourth-order valence-electron chi connectivity index (χ4n) is 2.67. The second-order valence-corrected chi connectivity index (χ2v) is 5.51. The summed E-state index contributed by atoms with van der Waals surface area (Å²) in [5.41, 5.74) is 0.314. The van der Waals surface area contributed by atoms with Gasteiger partial charge in [-0.05, 0) is 31.5 Å². The molecule has 2 aromatic rings. The number of likely N-dealkylation sites (N-methyl/N-ethyl adjacent to an activating group) is 1. The van der Waals surface area contributed by atoms with E-state index in [2.05, 4.69) is 19.2 Å². The van der Waals surface area contributed by atoms with Crippen LogP contribution >= 0.6 is 0 Å². The number of fused-ring (bicyclic) bond motifs is 1. The number of hydrogen-bond acceptors (Lipinski definition) is 3. The van der Waals surface area contributed by atoms with Gasteiger partial charge in [0.2, 0.25) is 0 Å². The Morgan fingerprint density at radius 1 is 1.29 bits per heavy atom. The van der Waals surface area contributed by atoms with E-state index in [9.17, 15) is 4.39 Å². The van der Waals surface area contributed by atoms with Crippen LogP contribution in [0, 0.1) is 11.7 Å². The largest absolute Gasteiger partial charge is 0.456 e. The van der Waals surface area contributed by atoms with Gasteiger partial charge in [-0.25, -0.2) is 4.39 Å². The zero-order chi connectivity index (χ0) is 15.4. The molecule has 1 aromatic carbocycles. The molecule has 4 heteroatoms. The smallest absolute Gasteiger partial charge is 0.169 e. The fourth-order valence-corrected chi connectivity index (χ4v) is 2.67. The maximum Gasteiger partial charge on any atom is 0.169 e. The van der Waals surface area contributed by atoms with Gasteiger partial charge in [0.25, 0.3) is 0 Å². The molecule has 116 valence electrons. The molecule has 0 saturated heterocycles. The molecule has 0 aliphatic rings. The van der Waals surface area contributed by atoms with Gasteiger partial charge in [0.15, 0.2) is 11.4 Å². The number of furan rings is 1. The maximum absolute atomic E-state index is 13.8. The first-order valence-electron chi connectivity index (χ1n) is 7.61. The first kappa shape index (κ1) is 16.0. The van der Waals surface area contributed by atoms with Crippen molar-refractivity contribution in [3.63, 3.8) is 0 Å². The van der Waals surface area contributed by atoms with Crippen LogP contribution in [0.4, 0.5) is 4.39 Å². The Labute approximate surface area is 125 Å². The summed E-state index contributed by atoms with van der Waals surface area (Å²) in [6.45, 7) is 9.69. The van der Waals surface area contributed by atoms with Gasteiger partial charge < -0.3 is 14.5 Å². The van der Waals surface area contributed by atoms with Crippen molar-refractivity contribution in [2.24, 2.45) is 5.92 Å². The average Bonchev–Trinajstić information content (AvgIpc) is 2.87. The van der Waals surface area contributed by atoms with E-state index in [4.69, 9.17) is 9.15 Å². The quantitative estimate of drug-likeness (QED) is 0.827. The van der Waals surface area contributed by atoms with Crippen LogP contribution in [0.15, 0.2) is 28.7 Å². The minimum Gasteiger partial charge on any atom is -0.456 e. The van der Waals surface area contributed by atoms with E-state index in [1.165, 1.54) is 6.07 Å². The van der Waals surface area contributed by atoms with Crippen molar-refractivity contribution >= 4 is 11.0 Å². The number of ether oxygens (including phenoxy) is 1. The topological polar surface area (TPSA) is 34.4 Å². The first-order chi connectivity index (χ1) is 10.1. The molecule has 0 saturated carbocycles. The predicted octanol–water partition coefficient (Wildman–Crippen LogP) is 4.28. The summed E-state index contributed by atoms with van der Waals surface area (Å²) < 4.78 is 25.5. The molecule has 0 radical (unpaired) electrons. The Morgan fingerprint density at radius 2 is 2.05 bits per heavy atom. The number of para-hydroxylation sites is 1. The molecule has 0 fully saturated rings. The van der Waals surface area contributed by atoms with Crippen molar-refractivity contribution in [3.8, 4) is 0 Å². The summed E-state index contributed by atoms with van der Waals surface area (Å²) in [7, 11) is 0. The van der Waals surface area contributed by atoms with E-state index in [1.807, 2.05) is 26.0 Å². The Kier molecular flexibility index (Phi) is 5.37. The molecule has 21 heavy (non-hydrogen) atoms. The Morgan fingerprint density at radius 3 is 2.62 bits per heavy atom. The van der Waals surface area contributed by atoms with Gasteiger partial charge in [-0.3, -0.25) is 0 Å². The highest BCUT2D eigenvalue weighted by Crippen LogP contribution is 2.30. The summed E-state index contributed by atoms with van der Waals surface area (Å²) in [5.74, 6) is 0.725. The van der Waals surface area contributed by atoms with E-state index in [0.29, 0.717) is 18.1 Å². The van der Waals surface area contributed by atoms with Crippen molar-refractivity contribution in [2.75, 3.05) is 13.2 Å². The molecule has 3 nitrogen and oxygen atoms in total. The second-order valence-electron chi connectivity index (χ2n) is 5.51. The number of halogens is 1. The van der Waals surface area contributed by atoms with Crippen LogP contribution in [-0.4, -0.2) is 19.3 Å². The van der Waals surface area contributed by atoms with Crippen LogP contribution in [0.3, 0.4) is 0 Å². The lowest BCUT2D eigenvalue weighted by Crippen LogP contribution is -2.37.